The van der Waals surface area contributed by atoms with Crippen LogP contribution in [0.5, 0.6) is 0 Å². The summed E-state index contributed by atoms with van der Waals surface area (Å²) in [6, 6.07) is 6.72. The Labute approximate surface area is 174 Å². The summed E-state index contributed by atoms with van der Waals surface area (Å²) < 4.78 is 28.0. The first-order valence-electron chi connectivity index (χ1n) is 8.40. The number of aromatic nitrogens is 3. The summed E-state index contributed by atoms with van der Waals surface area (Å²) in [5.41, 5.74) is 0.698. The number of sulfonamides is 1. The minimum Gasteiger partial charge on any atom is -0.345 e. The quantitative estimate of drug-likeness (QED) is 0.616. The number of H-pyrrole nitrogens is 1. The second kappa shape index (κ2) is 7.43. The third kappa shape index (κ3) is 3.64. The summed E-state index contributed by atoms with van der Waals surface area (Å²) in [5, 5.41) is 1.38. The van der Waals surface area contributed by atoms with Gasteiger partial charge in [0.05, 0.1) is 4.47 Å². The number of fused-ring (bicyclic) bond motifs is 1. The summed E-state index contributed by atoms with van der Waals surface area (Å²) in [6.45, 7) is 0.925. The molecule has 3 heterocycles. The Bertz CT molecular complexity index is 1140. The van der Waals surface area contributed by atoms with E-state index in [1.54, 1.807) is 29.2 Å². The fourth-order valence-electron chi connectivity index (χ4n) is 3.05. The van der Waals surface area contributed by atoms with Crippen LogP contribution in [-0.4, -0.2) is 64.7 Å². The van der Waals surface area contributed by atoms with Crippen LogP contribution in [0.25, 0.3) is 10.9 Å². The first-order chi connectivity index (χ1) is 13.3. The smallest absolute Gasteiger partial charge is 0.291 e. The van der Waals surface area contributed by atoms with E-state index in [1.165, 1.54) is 16.7 Å². The van der Waals surface area contributed by atoms with Gasteiger partial charge in [-0.15, -0.1) is 0 Å². The van der Waals surface area contributed by atoms with Crippen LogP contribution in [-0.2, 0) is 10.0 Å². The van der Waals surface area contributed by atoms with Gasteiger partial charge in [0.2, 0.25) is 5.82 Å². The number of aromatic amines is 1. The van der Waals surface area contributed by atoms with E-state index >= 15 is 0 Å². The second-order valence-electron chi connectivity index (χ2n) is 6.29. The highest BCUT2D eigenvalue weighted by molar-refractivity contribution is 9.10. The van der Waals surface area contributed by atoms with Crippen molar-refractivity contribution in [1.29, 1.82) is 0 Å². The molecule has 2 aromatic heterocycles. The summed E-state index contributed by atoms with van der Waals surface area (Å²) >= 11 is 9.20. The van der Waals surface area contributed by atoms with Crippen LogP contribution >= 0.6 is 27.5 Å². The van der Waals surface area contributed by atoms with E-state index in [-0.39, 0.29) is 42.9 Å². The number of benzene rings is 1. The Morgan fingerprint density at radius 1 is 1.11 bits per heavy atom. The van der Waals surface area contributed by atoms with Crippen molar-refractivity contribution in [3.8, 4) is 0 Å². The lowest BCUT2D eigenvalue weighted by atomic mass is 10.2. The largest absolute Gasteiger partial charge is 0.345 e. The molecule has 0 spiro atoms. The van der Waals surface area contributed by atoms with Crippen molar-refractivity contribution in [2.75, 3.05) is 26.2 Å². The monoisotopic (exact) mass is 483 g/mol. The third-order valence-electron chi connectivity index (χ3n) is 4.51. The summed E-state index contributed by atoms with van der Waals surface area (Å²) in [7, 11) is -3.70. The van der Waals surface area contributed by atoms with E-state index < -0.39 is 10.0 Å². The van der Waals surface area contributed by atoms with Gasteiger partial charge in [-0.2, -0.15) is 4.31 Å². The number of hydrogen-bond acceptors (Lipinski definition) is 5. The van der Waals surface area contributed by atoms with E-state index in [0.29, 0.717) is 15.0 Å². The average Bonchev–Trinajstić information content (AvgIpc) is 3.12. The minimum atomic E-state index is -3.70. The number of carbonyl (C=O) groups is 1. The Balaban J connectivity index is 1.48. The van der Waals surface area contributed by atoms with Gasteiger partial charge in [-0.1, -0.05) is 11.6 Å². The number of piperazine rings is 1. The number of halogens is 2. The molecule has 1 saturated heterocycles. The second-order valence-corrected chi connectivity index (χ2v) is 9.54. The molecule has 1 fully saturated rings. The number of amides is 1. The highest BCUT2D eigenvalue weighted by atomic mass is 79.9. The molecule has 28 heavy (non-hydrogen) atoms. The SMILES string of the molecule is O=C(c1ncc(Br)cn1)N1CCN(S(=O)(=O)c2cc3cc(Cl)ccc3[nH]2)CC1. The molecule has 0 unspecified atom stereocenters. The zero-order chi connectivity index (χ0) is 19.9. The first kappa shape index (κ1) is 19.3. The van der Waals surface area contributed by atoms with Crippen molar-refractivity contribution in [3.05, 3.63) is 52.0 Å². The first-order valence-corrected chi connectivity index (χ1v) is 11.0. The molecule has 1 aliphatic heterocycles. The van der Waals surface area contributed by atoms with Gasteiger partial charge in [0.1, 0.15) is 5.03 Å². The molecule has 0 saturated carbocycles. The van der Waals surface area contributed by atoms with Crippen molar-refractivity contribution in [3.63, 3.8) is 0 Å². The lowest BCUT2D eigenvalue weighted by Crippen LogP contribution is -2.50. The number of nitrogens with one attached hydrogen (secondary N) is 1. The molecule has 1 amide bonds. The molecular weight excluding hydrogens is 470 g/mol. The molecule has 4 rings (SSSR count). The van der Waals surface area contributed by atoms with Gasteiger partial charge < -0.3 is 9.88 Å². The van der Waals surface area contributed by atoms with Crippen LogP contribution in [0.2, 0.25) is 5.02 Å². The van der Waals surface area contributed by atoms with E-state index in [4.69, 9.17) is 11.6 Å². The topological polar surface area (TPSA) is 99.3 Å². The molecule has 8 nitrogen and oxygen atoms in total. The highest BCUT2D eigenvalue weighted by Crippen LogP contribution is 2.25. The van der Waals surface area contributed by atoms with Gasteiger partial charge in [-0.25, -0.2) is 18.4 Å². The molecule has 1 N–H and O–H groups in total. The average molecular weight is 485 g/mol. The lowest BCUT2D eigenvalue weighted by Gasteiger charge is -2.33. The van der Waals surface area contributed by atoms with Gasteiger partial charge in [-0.05, 0) is 40.2 Å². The third-order valence-corrected chi connectivity index (χ3v) is 6.98. The van der Waals surface area contributed by atoms with Crippen LogP contribution in [0, 0.1) is 0 Å². The number of rotatable bonds is 3. The molecule has 3 aromatic rings. The summed E-state index contributed by atoms with van der Waals surface area (Å²) in [4.78, 5) is 25.0. The van der Waals surface area contributed by atoms with Gasteiger partial charge >= 0.3 is 0 Å². The van der Waals surface area contributed by atoms with Gasteiger partial charge in [-0.3, -0.25) is 4.79 Å². The highest BCUT2D eigenvalue weighted by Gasteiger charge is 2.32. The molecule has 0 aliphatic carbocycles. The van der Waals surface area contributed by atoms with Crippen LogP contribution in [0.15, 0.2) is 46.2 Å². The van der Waals surface area contributed by atoms with Crippen LogP contribution in [0.3, 0.4) is 0 Å². The van der Waals surface area contributed by atoms with Gasteiger partial charge in [0.25, 0.3) is 15.9 Å². The van der Waals surface area contributed by atoms with E-state index in [9.17, 15) is 13.2 Å². The maximum absolute atomic E-state index is 13.0. The minimum absolute atomic E-state index is 0.0898. The van der Waals surface area contributed by atoms with Crippen molar-refractivity contribution >= 4 is 54.4 Å². The van der Waals surface area contributed by atoms with E-state index in [1.807, 2.05) is 0 Å². The molecule has 1 aliphatic rings. The predicted molar refractivity (Wildman–Crippen MR) is 108 cm³/mol. The lowest BCUT2D eigenvalue weighted by molar-refractivity contribution is 0.0685. The zero-order valence-electron chi connectivity index (χ0n) is 14.5. The standard InChI is InChI=1S/C17H15BrClN5O3S/c18-12-9-20-16(21-10-12)17(25)23-3-5-24(6-4-23)28(26,27)15-8-11-7-13(19)1-2-14(11)22-15/h1-2,7-10,22H,3-6H2. The van der Waals surface area contributed by atoms with Crippen molar-refractivity contribution < 1.29 is 13.2 Å². The Morgan fingerprint density at radius 2 is 1.79 bits per heavy atom. The van der Waals surface area contributed by atoms with E-state index in [2.05, 4.69) is 30.9 Å². The van der Waals surface area contributed by atoms with Crippen molar-refractivity contribution in [2.24, 2.45) is 0 Å². The van der Waals surface area contributed by atoms with Crippen LogP contribution in [0.4, 0.5) is 0 Å². The van der Waals surface area contributed by atoms with Crippen molar-refractivity contribution in [2.45, 2.75) is 5.03 Å². The predicted octanol–water partition coefficient (Wildman–Crippen LogP) is 2.52. The zero-order valence-corrected chi connectivity index (χ0v) is 17.6. The number of nitrogens with zero attached hydrogens (tertiary/aromatic N) is 4. The van der Waals surface area contributed by atoms with Crippen LogP contribution in [0.1, 0.15) is 10.6 Å². The fraction of sp³-hybridized carbons (Fsp3) is 0.235. The molecule has 0 atom stereocenters. The normalized spacial score (nSPS) is 15.9. The summed E-state index contributed by atoms with van der Waals surface area (Å²) in [5.74, 6) is -0.225. The molecule has 1 aromatic carbocycles. The van der Waals surface area contributed by atoms with Crippen molar-refractivity contribution in [1.82, 2.24) is 24.2 Å². The Morgan fingerprint density at radius 3 is 2.46 bits per heavy atom. The molecule has 0 radical (unpaired) electrons. The van der Waals surface area contributed by atoms with Gasteiger partial charge in [0, 0.05) is 54.5 Å². The maximum atomic E-state index is 13.0. The summed E-state index contributed by atoms with van der Waals surface area (Å²) in [6.07, 6.45) is 3.01. The van der Waals surface area contributed by atoms with Crippen LogP contribution < -0.4 is 0 Å². The van der Waals surface area contributed by atoms with E-state index in [0.717, 1.165) is 5.39 Å². The molecular formula is C17H15BrClN5O3S. The van der Waals surface area contributed by atoms with Gasteiger partial charge in [0.15, 0.2) is 0 Å². The Hall–Kier alpha value is -2.01. The Kier molecular flexibility index (Phi) is 5.13. The number of hydrogen-bond donors (Lipinski definition) is 1. The number of carbonyl (C=O) groups excluding carboxylic acids is 1. The maximum Gasteiger partial charge on any atom is 0.291 e. The molecule has 11 heteroatoms. The molecule has 0 bridgehead atoms. The fourth-order valence-corrected chi connectivity index (χ4v) is 4.87. The molecule has 146 valence electrons.